The normalized spacial score (nSPS) is 18.6. The van der Waals surface area contributed by atoms with E-state index in [1.807, 2.05) is 24.3 Å². The van der Waals surface area contributed by atoms with E-state index in [0.29, 0.717) is 35.9 Å². The lowest BCUT2D eigenvalue weighted by molar-refractivity contribution is -0.120. The van der Waals surface area contributed by atoms with Crippen LogP contribution in [0.2, 0.25) is 0 Å². The Labute approximate surface area is 157 Å². The Kier molecular flexibility index (Phi) is 6.08. The molecule has 1 amide bonds. The number of anilines is 1. The molecule has 1 aliphatic heterocycles. The van der Waals surface area contributed by atoms with Crippen LogP contribution in [-0.4, -0.2) is 38.8 Å². The number of amides is 1. The van der Waals surface area contributed by atoms with E-state index in [2.05, 4.69) is 5.32 Å². The number of carbonyl (C=O) groups is 1. The van der Waals surface area contributed by atoms with Crippen LogP contribution in [0.4, 0.5) is 5.69 Å². The number of thiophene rings is 1. The molecule has 0 radical (unpaired) electrons. The van der Waals surface area contributed by atoms with Gasteiger partial charge in [-0.3, -0.25) is 4.79 Å². The van der Waals surface area contributed by atoms with Crippen molar-refractivity contribution in [3.63, 3.8) is 0 Å². The van der Waals surface area contributed by atoms with Crippen LogP contribution >= 0.6 is 11.3 Å². The summed E-state index contributed by atoms with van der Waals surface area (Å²) in [7, 11) is -1.92. The fraction of sp³-hybridized carbons (Fsp3) is 0.389. The molecule has 26 heavy (non-hydrogen) atoms. The maximum absolute atomic E-state index is 12.7. The van der Waals surface area contributed by atoms with Crippen molar-refractivity contribution >= 4 is 33.0 Å². The van der Waals surface area contributed by atoms with Crippen molar-refractivity contribution in [1.82, 2.24) is 4.31 Å². The van der Waals surface area contributed by atoms with Crippen molar-refractivity contribution in [2.24, 2.45) is 5.92 Å². The quantitative estimate of drug-likeness (QED) is 0.817. The van der Waals surface area contributed by atoms with Crippen LogP contribution in [0.1, 0.15) is 18.4 Å². The molecule has 0 aliphatic carbocycles. The Hall–Kier alpha value is -1.74. The van der Waals surface area contributed by atoms with Crippen molar-refractivity contribution in [3.8, 4) is 0 Å². The number of carbonyl (C=O) groups excluding carboxylic acids is 1. The number of ether oxygens (including phenoxy) is 1. The molecule has 1 aromatic heterocycles. The number of piperidine rings is 1. The fourth-order valence-electron chi connectivity index (χ4n) is 3.07. The molecule has 140 valence electrons. The van der Waals surface area contributed by atoms with Gasteiger partial charge in [-0.05, 0) is 30.4 Å². The molecule has 1 aromatic carbocycles. The molecule has 0 saturated carbocycles. The Morgan fingerprint density at radius 1 is 1.31 bits per heavy atom. The van der Waals surface area contributed by atoms with Crippen LogP contribution < -0.4 is 5.32 Å². The predicted octanol–water partition coefficient (Wildman–Crippen LogP) is 2.93. The molecule has 8 heteroatoms. The molecule has 3 rings (SSSR count). The summed E-state index contributed by atoms with van der Waals surface area (Å²) in [6.07, 6.45) is 1.34. The number of hydrogen-bond donors (Lipinski definition) is 1. The minimum Gasteiger partial charge on any atom is -0.380 e. The zero-order chi connectivity index (χ0) is 18.6. The molecule has 2 heterocycles. The van der Waals surface area contributed by atoms with E-state index >= 15 is 0 Å². The molecule has 1 fully saturated rings. The van der Waals surface area contributed by atoms with Gasteiger partial charge in [0.1, 0.15) is 4.21 Å². The van der Waals surface area contributed by atoms with Crippen molar-refractivity contribution in [1.29, 1.82) is 0 Å². The van der Waals surface area contributed by atoms with Gasteiger partial charge in [0.05, 0.1) is 12.5 Å². The molecule has 2 aromatic rings. The average Bonchev–Trinajstić information content (AvgIpc) is 3.19. The van der Waals surface area contributed by atoms with Crippen molar-refractivity contribution in [2.75, 3.05) is 25.5 Å². The molecule has 1 N–H and O–H groups in total. The molecule has 0 bridgehead atoms. The summed E-state index contributed by atoms with van der Waals surface area (Å²) >= 11 is 1.20. The lowest BCUT2D eigenvalue weighted by atomic mass is 9.98. The summed E-state index contributed by atoms with van der Waals surface area (Å²) in [4.78, 5) is 12.7. The average molecular weight is 395 g/mol. The van der Waals surface area contributed by atoms with E-state index in [4.69, 9.17) is 4.74 Å². The van der Waals surface area contributed by atoms with Crippen LogP contribution in [0.3, 0.4) is 0 Å². The van der Waals surface area contributed by atoms with Gasteiger partial charge in [0, 0.05) is 31.5 Å². The van der Waals surface area contributed by atoms with Crippen molar-refractivity contribution < 1.29 is 17.9 Å². The highest BCUT2D eigenvalue weighted by Crippen LogP contribution is 2.27. The van der Waals surface area contributed by atoms with Crippen molar-refractivity contribution in [2.45, 2.75) is 23.7 Å². The summed E-state index contributed by atoms with van der Waals surface area (Å²) < 4.78 is 32.3. The SMILES string of the molecule is COCc1ccccc1NC(=O)C1CCCN(S(=O)(=O)c2cccs2)C1. The molecule has 1 aliphatic rings. The first-order valence-electron chi connectivity index (χ1n) is 8.43. The summed E-state index contributed by atoms with van der Waals surface area (Å²) in [5.41, 5.74) is 1.60. The van der Waals surface area contributed by atoms with Gasteiger partial charge < -0.3 is 10.1 Å². The third-order valence-corrected chi connectivity index (χ3v) is 7.66. The highest BCUT2D eigenvalue weighted by atomic mass is 32.2. The van der Waals surface area contributed by atoms with Gasteiger partial charge in [0.15, 0.2) is 0 Å². The highest BCUT2D eigenvalue weighted by molar-refractivity contribution is 7.91. The smallest absolute Gasteiger partial charge is 0.252 e. The first-order chi connectivity index (χ1) is 12.5. The van der Waals surface area contributed by atoms with E-state index < -0.39 is 10.0 Å². The monoisotopic (exact) mass is 394 g/mol. The third kappa shape index (κ3) is 4.15. The summed E-state index contributed by atoms with van der Waals surface area (Å²) in [5, 5.41) is 4.68. The highest BCUT2D eigenvalue weighted by Gasteiger charge is 2.33. The van der Waals surface area contributed by atoms with Gasteiger partial charge in [-0.25, -0.2) is 8.42 Å². The molecule has 1 saturated heterocycles. The number of hydrogen-bond acceptors (Lipinski definition) is 5. The van der Waals surface area contributed by atoms with E-state index in [1.54, 1.807) is 24.6 Å². The summed E-state index contributed by atoms with van der Waals surface area (Å²) in [6.45, 7) is 1.06. The van der Waals surface area contributed by atoms with Gasteiger partial charge in [0.25, 0.3) is 10.0 Å². The van der Waals surface area contributed by atoms with Gasteiger partial charge in [-0.15, -0.1) is 11.3 Å². The van der Waals surface area contributed by atoms with E-state index in [-0.39, 0.29) is 18.4 Å². The maximum Gasteiger partial charge on any atom is 0.252 e. The van der Waals surface area contributed by atoms with E-state index in [9.17, 15) is 13.2 Å². The Balaban J connectivity index is 1.71. The Morgan fingerprint density at radius 3 is 2.85 bits per heavy atom. The number of methoxy groups -OCH3 is 1. The molecule has 6 nitrogen and oxygen atoms in total. The zero-order valence-corrected chi connectivity index (χ0v) is 16.2. The number of nitrogens with zero attached hydrogens (tertiary/aromatic N) is 1. The van der Waals surface area contributed by atoms with Crippen molar-refractivity contribution in [3.05, 3.63) is 47.3 Å². The number of benzene rings is 1. The molecular formula is C18H22N2O4S2. The first kappa shape index (κ1) is 19.0. The summed E-state index contributed by atoms with van der Waals surface area (Å²) in [5.74, 6) is -0.520. The molecule has 0 spiro atoms. The van der Waals surface area contributed by atoms with E-state index in [0.717, 1.165) is 5.56 Å². The first-order valence-corrected chi connectivity index (χ1v) is 10.8. The van der Waals surface area contributed by atoms with Crippen LogP contribution in [0.25, 0.3) is 0 Å². The number of para-hydroxylation sites is 1. The van der Waals surface area contributed by atoms with Crippen LogP contribution in [0.15, 0.2) is 46.0 Å². The Bertz CT molecular complexity index is 850. The topological polar surface area (TPSA) is 75.7 Å². The number of nitrogens with one attached hydrogen (secondary N) is 1. The van der Waals surface area contributed by atoms with Crippen LogP contribution in [0, 0.1) is 5.92 Å². The second-order valence-corrected chi connectivity index (χ2v) is 9.33. The minimum atomic E-state index is -3.52. The second-order valence-electron chi connectivity index (χ2n) is 6.21. The van der Waals surface area contributed by atoms with Crippen LogP contribution in [-0.2, 0) is 26.2 Å². The van der Waals surface area contributed by atoms with Gasteiger partial charge in [0.2, 0.25) is 5.91 Å². The zero-order valence-electron chi connectivity index (χ0n) is 14.6. The molecule has 1 atom stereocenters. The summed E-state index contributed by atoms with van der Waals surface area (Å²) in [6, 6.07) is 10.8. The largest absolute Gasteiger partial charge is 0.380 e. The number of rotatable bonds is 6. The standard InChI is InChI=1S/C18H22N2O4S2/c1-24-13-15-6-2-3-8-16(15)19-18(21)14-7-4-10-20(12-14)26(22,23)17-9-5-11-25-17/h2-3,5-6,8-9,11,14H,4,7,10,12-13H2,1H3,(H,19,21). The third-order valence-electron chi connectivity index (χ3n) is 4.42. The number of sulfonamides is 1. The Morgan fingerprint density at radius 2 is 2.12 bits per heavy atom. The van der Waals surface area contributed by atoms with Gasteiger partial charge >= 0.3 is 0 Å². The minimum absolute atomic E-state index is 0.153. The fourth-order valence-corrected chi connectivity index (χ4v) is 5.74. The lowest BCUT2D eigenvalue weighted by Gasteiger charge is -2.31. The van der Waals surface area contributed by atoms with Gasteiger partial charge in [-0.2, -0.15) is 4.31 Å². The predicted molar refractivity (Wildman–Crippen MR) is 102 cm³/mol. The van der Waals surface area contributed by atoms with Crippen LogP contribution in [0.5, 0.6) is 0 Å². The van der Waals surface area contributed by atoms with Gasteiger partial charge in [-0.1, -0.05) is 24.3 Å². The molecular weight excluding hydrogens is 372 g/mol. The molecule has 1 unspecified atom stereocenters. The lowest BCUT2D eigenvalue weighted by Crippen LogP contribution is -2.43. The maximum atomic E-state index is 12.7. The van der Waals surface area contributed by atoms with E-state index in [1.165, 1.54) is 15.6 Å². The second kappa shape index (κ2) is 8.30.